The van der Waals surface area contributed by atoms with E-state index in [0.717, 1.165) is 5.75 Å². The van der Waals surface area contributed by atoms with Crippen molar-refractivity contribution < 1.29 is 18.7 Å². The molecular formula is C21H22FN3O3S. The lowest BCUT2D eigenvalue weighted by Gasteiger charge is -2.13. The third-order valence-corrected chi connectivity index (χ3v) is 5.40. The van der Waals surface area contributed by atoms with Crippen LogP contribution in [0.3, 0.4) is 0 Å². The predicted molar refractivity (Wildman–Crippen MR) is 113 cm³/mol. The van der Waals surface area contributed by atoms with Crippen LogP contribution in [-0.2, 0) is 9.59 Å². The van der Waals surface area contributed by atoms with Gasteiger partial charge in [-0.05, 0) is 50.2 Å². The lowest BCUT2D eigenvalue weighted by atomic mass is 10.2. The topological polar surface area (TPSA) is 71.0 Å². The van der Waals surface area contributed by atoms with Crippen LogP contribution >= 0.6 is 11.8 Å². The summed E-state index contributed by atoms with van der Waals surface area (Å²) in [6, 6.07) is 13.2. The number of aliphatic imine (C=N–C) groups is 1. The highest BCUT2D eigenvalue weighted by Gasteiger charge is 2.38. The molecule has 3 rings (SSSR count). The first-order valence-corrected chi connectivity index (χ1v) is 10.2. The van der Waals surface area contributed by atoms with E-state index in [-0.39, 0.29) is 23.9 Å². The zero-order valence-electron chi connectivity index (χ0n) is 16.2. The fraction of sp³-hybridized carbons (Fsp3) is 0.286. The van der Waals surface area contributed by atoms with Gasteiger partial charge >= 0.3 is 0 Å². The molecule has 8 heteroatoms. The Labute approximate surface area is 173 Å². The Hall–Kier alpha value is -2.87. The minimum Gasteiger partial charge on any atom is -0.494 e. The van der Waals surface area contributed by atoms with Gasteiger partial charge in [-0.1, -0.05) is 23.9 Å². The molecule has 2 aromatic carbocycles. The summed E-state index contributed by atoms with van der Waals surface area (Å²) < 4.78 is 19.3. The van der Waals surface area contributed by atoms with Crippen LogP contribution < -0.4 is 10.1 Å². The average Bonchev–Trinajstić information content (AvgIpc) is 2.99. The number of ether oxygens (including phenoxy) is 1. The minimum absolute atomic E-state index is 0.00348. The van der Waals surface area contributed by atoms with Crippen LogP contribution in [0.4, 0.5) is 15.8 Å². The van der Waals surface area contributed by atoms with Gasteiger partial charge in [-0.25, -0.2) is 9.38 Å². The van der Waals surface area contributed by atoms with Crippen LogP contribution in [0.1, 0.15) is 20.3 Å². The van der Waals surface area contributed by atoms with Crippen molar-refractivity contribution in [1.29, 1.82) is 0 Å². The van der Waals surface area contributed by atoms with E-state index in [9.17, 15) is 14.0 Å². The van der Waals surface area contributed by atoms with E-state index in [4.69, 9.17) is 4.74 Å². The van der Waals surface area contributed by atoms with Gasteiger partial charge in [0.2, 0.25) is 11.8 Å². The van der Waals surface area contributed by atoms with Crippen LogP contribution in [0.2, 0.25) is 0 Å². The Morgan fingerprint density at radius 1 is 1.21 bits per heavy atom. The molecule has 0 aliphatic carbocycles. The highest BCUT2D eigenvalue weighted by Crippen LogP contribution is 2.32. The molecule has 1 saturated heterocycles. The quantitative estimate of drug-likeness (QED) is 0.736. The third kappa shape index (κ3) is 5.14. The van der Waals surface area contributed by atoms with Crippen molar-refractivity contribution in [2.45, 2.75) is 25.5 Å². The summed E-state index contributed by atoms with van der Waals surface area (Å²) in [4.78, 5) is 30.8. The number of carbonyl (C=O) groups is 2. The van der Waals surface area contributed by atoms with Gasteiger partial charge in [-0.2, -0.15) is 0 Å². The minimum atomic E-state index is -0.594. The van der Waals surface area contributed by atoms with Crippen molar-refractivity contribution in [3.63, 3.8) is 0 Å². The number of anilines is 1. The number of halogens is 1. The second-order valence-electron chi connectivity index (χ2n) is 6.24. The largest absolute Gasteiger partial charge is 0.494 e. The number of amides is 2. The number of hydrogen-bond acceptors (Lipinski definition) is 5. The molecule has 1 N–H and O–H groups in total. The molecule has 2 amide bonds. The standard InChI is InChI=1S/C21H22FN3O3S/c1-3-25-20(27)18(29-21(25)24-17-8-6-5-7-16(17)22)13-19(26)23-14-9-11-15(12-10-14)28-4-2/h5-12,18H,3-4,13H2,1-2H3,(H,23,26). The lowest BCUT2D eigenvalue weighted by molar-refractivity contribution is -0.128. The Morgan fingerprint density at radius 3 is 2.59 bits per heavy atom. The van der Waals surface area contributed by atoms with Crippen molar-refractivity contribution in [1.82, 2.24) is 4.90 Å². The molecule has 0 spiro atoms. The van der Waals surface area contributed by atoms with Gasteiger partial charge in [-0.15, -0.1) is 0 Å². The van der Waals surface area contributed by atoms with E-state index in [0.29, 0.717) is 24.0 Å². The van der Waals surface area contributed by atoms with E-state index in [1.54, 1.807) is 42.5 Å². The first-order chi connectivity index (χ1) is 14.0. The summed E-state index contributed by atoms with van der Waals surface area (Å²) in [7, 11) is 0. The fourth-order valence-electron chi connectivity index (χ4n) is 2.84. The van der Waals surface area contributed by atoms with Crippen molar-refractivity contribution >= 4 is 40.1 Å². The molecule has 1 heterocycles. The molecule has 0 aromatic heterocycles. The van der Waals surface area contributed by atoms with E-state index < -0.39 is 11.1 Å². The zero-order chi connectivity index (χ0) is 20.8. The van der Waals surface area contributed by atoms with Crippen LogP contribution in [0.15, 0.2) is 53.5 Å². The van der Waals surface area contributed by atoms with Gasteiger partial charge in [0.1, 0.15) is 22.5 Å². The second kappa shape index (κ2) is 9.56. The fourth-order valence-corrected chi connectivity index (χ4v) is 4.06. The summed E-state index contributed by atoms with van der Waals surface area (Å²) in [6.45, 7) is 4.68. The molecular weight excluding hydrogens is 393 g/mol. The molecule has 1 aliphatic rings. The van der Waals surface area contributed by atoms with Crippen LogP contribution in [-0.4, -0.2) is 40.3 Å². The van der Waals surface area contributed by atoms with E-state index in [1.807, 2.05) is 13.8 Å². The molecule has 0 radical (unpaired) electrons. The maximum atomic E-state index is 13.9. The molecule has 6 nitrogen and oxygen atoms in total. The number of amidine groups is 1. The van der Waals surface area contributed by atoms with Gasteiger partial charge < -0.3 is 10.1 Å². The number of nitrogens with one attached hydrogen (secondary N) is 1. The monoisotopic (exact) mass is 415 g/mol. The first-order valence-electron chi connectivity index (χ1n) is 9.35. The van der Waals surface area contributed by atoms with Gasteiger partial charge in [0, 0.05) is 18.7 Å². The van der Waals surface area contributed by atoms with Gasteiger partial charge in [0.25, 0.3) is 0 Å². The lowest BCUT2D eigenvalue weighted by Crippen LogP contribution is -2.33. The number of benzene rings is 2. The number of thioether (sulfide) groups is 1. The predicted octanol–water partition coefficient (Wildman–Crippen LogP) is 4.20. The van der Waals surface area contributed by atoms with Crippen LogP contribution in [0, 0.1) is 5.82 Å². The normalized spacial score (nSPS) is 17.6. The Kier molecular flexibility index (Phi) is 6.87. The Balaban J connectivity index is 1.67. The van der Waals surface area contributed by atoms with Crippen molar-refractivity contribution in [2.75, 3.05) is 18.5 Å². The van der Waals surface area contributed by atoms with Gasteiger partial charge in [0.15, 0.2) is 5.17 Å². The van der Waals surface area contributed by atoms with Gasteiger partial charge in [-0.3, -0.25) is 14.5 Å². The molecule has 0 bridgehead atoms. The summed E-state index contributed by atoms with van der Waals surface area (Å²) in [6.07, 6.45) is 0.00348. The molecule has 0 saturated carbocycles. The van der Waals surface area contributed by atoms with E-state index in [1.165, 1.54) is 22.7 Å². The molecule has 1 atom stereocenters. The van der Waals surface area contributed by atoms with E-state index >= 15 is 0 Å². The number of rotatable bonds is 7. The highest BCUT2D eigenvalue weighted by molar-refractivity contribution is 8.15. The third-order valence-electron chi connectivity index (χ3n) is 4.22. The molecule has 1 unspecified atom stereocenters. The second-order valence-corrected chi connectivity index (χ2v) is 7.41. The number of carbonyl (C=O) groups excluding carboxylic acids is 2. The molecule has 2 aromatic rings. The average molecular weight is 415 g/mol. The van der Waals surface area contributed by atoms with Gasteiger partial charge in [0.05, 0.1) is 6.61 Å². The zero-order valence-corrected chi connectivity index (χ0v) is 17.0. The molecule has 1 fully saturated rings. The number of nitrogens with zero attached hydrogens (tertiary/aromatic N) is 2. The maximum absolute atomic E-state index is 13.9. The highest BCUT2D eigenvalue weighted by atomic mass is 32.2. The van der Waals surface area contributed by atoms with Crippen molar-refractivity contribution in [3.8, 4) is 5.75 Å². The van der Waals surface area contributed by atoms with Crippen LogP contribution in [0.5, 0.6) is 5.75 Å². The maximum Gasteiger partial charge on any atom is 0.242 e. The summed E-state index contributed by atoms with van der Waals surface area (Å²) in [5.74, 6) is -0.210. The van der Waals surface area contributed by atoms with Crippen molar-refractivity contribution in [2.24, 2.45) is 4.99 Å². The number of hydrogen-bond donors (Lipinski definition) is 1. The number of para-hydroxylation sites is 1. The molecule has 1 aliphatic heterocycles. The summed E-state index contributed by atoms with van der Waals surface area (Å²) >= 11 is 1.18. The first kappa shape index (κ1) is 20.9. The Morgan fingerprint density at radius 2 is 1.93 bits per heavy atom. The van der Waals surface area contributed by atoms with Crippen molar-refractivity contribution in [3.05, 3.63) is 54.3 Å². The summed E-state index contributed by atoms with van der Waals surface area (Å²) in [5, 5.41) is 2.60. The van der Waals surface area contributed by atoms with Crippen LogP contribution in [0.25, 0.3) is 0 Å². The molecule has 29 heavy (non-hydrogen) atoms. The SMILES string of the molecule is CCOc1ccc(NC(=O)CC2SC(=Nc3ccccc3F)N(CC)C2=O)cc1. The summed E-state index contributed by atoms with van der Waals surface area (Å²) in [5.41, 5.74) is 0.794. The smallest absolute Gasteiger partial charge is 0.242 e. The molecule has 152 valence electrons. The Bertz CT molecular complexity index is 918. The van der Waals surface area contributed by atoms with E-state index in [2.05, 4.69) is 10.3 Å².